The minimum atomic E-state index is -0.673. The average molecular weight is 350 g/mol. The van der Waals surface area contributed by atoms with Crippen molar-refractivity contribution in [1.82, 2.24) is 15.3 Å². The molecule has 0 bridgehead atoms. The van der Waals surface area contributed by atoms with Gasteiger partial charge in [0.2, 0.25) is 17.8 Å². The number of carbonyl (C=O) groups excluding carboxylic acids is 2. The van der Waals surface area contributed by atoms with Crippen LogP contribution >= 0.6 is 0 Å². The van der Waals surface area contributed by atoms with Crippen molar-refractivity contribution in [3.05, 3.63) is 60.2 Å². The number of H-pyrrole nitrogens is 1. The molecule has 0 saturated carbocycles. The Morgan fingerprint density at radius 1 is 1.04 bits per heavy atom. The minimum absolute atomic E-state index is 0.161. The first-order chi connectivity index (χ1) is 12.6. The number of amides is 2. The second kappa shape index (κ2) is 7.82. The lowest BCUT2D eigenvalue weighted by molar-refractivity contribution is -0.127. The number of benzene rings is 2. The Morgan fingerprint density at radius 3 is 2.42 bits per heavy atom. The van der Waals surface area contributed by atoms with E-state index in [4.69, 9.17) is 0 Å². The topological polar surface area (TPSA) is 86.9 Å². The highest BCUT2D eigenvalue weighted by molar-refractivity contribution is 5.97. The molecule has 6 nitrogen and oxygen atoms in total. The van der Waals surface area contributed by atoms with E-state index in [1.807, 2.05) is 61.5 Å². The normalized spacial score (nSPS) is 13.2. The molecule has 6 heteroatoms. The first-order valence-electron chi connectivity index (χ1n) is 8.69. The number of hydrogen-bond donors (Lipinski definition) is 3. The maximum Gasteiger partial charge on any atom is 0.248 e. The molecule has 0 aliphatic carbocycles. The van der Waals surface area contributed by atoms with Crippen molar-refractivity contribution in [3.8, 4) is 0 Å². The quantitative estimate of drug-likeness (QED) is 0.638. The Kier molecular flexibility index (Phi) is 5.31. The molecule has 2 amide bonds. The zero-order valence-electron chi connectivity index (χ0n) is 14.8. The third kappa shape index (κ3) is 3.91. The van der Waals surface area contributed by atoms with Gasteiger partial charge in [0.05, 0.1) is 17.0 Å². The summed E-state index contributed by atoms with van der Waals surface area (Å²) >= 11 is 0. The summed E-state index contributed by atoms with van der Waals surface area (Å²) in [7, 11) is 0. The fraction of sp³-hybridized carbons (Fsp3) is 0.250. The molecule has 1 aromatic heterocycles. The third-order valence-corrected chi connectivity index (χ3v) is 4.31. The van der Waals surface area contributed by atoms with Crippen LogP contribution in [0.15, 0.2) is 54.6 Å². The SMILES string of the molecule is CC[C@H](C(=O)N[C@@H](C)C(=O)Nc1nc2ccccc2[nH]1)c1ccccc1. The van der Waals surface area contributed by atoms with Crippen LogP contribution in [0.1, 0.15) is 31.7 Å². The van der Waals surface area contributed by atoms with Gasteiger partial charge in [0.15, 0.2) is 0 Å². The lowest BCUT2D eigenvalue weighted by Gasteiger charge is -2.19. The largest absolute Gasteiger partial charge is 0.344 e. The van der Waals surface area contributed by atoms with Crippen molar-refractivity contribution in [3.63, 3.8) is 0 Å². The fourth-order valence-electron chi connectivity index (χ4n) is 2.87. The number of fused-ring (bicyclic) bond motifs is 1. The molecule has 0 fully saturated rings. The predicted octanol–water partition coefficient (Wildman–Crippen LogP) is 3.20. The standard InChI is InChI=1S/C20H22N4O2/c1-3-15(14-9-5-4-6-10-14)19(26)21-13(2)18(25)24-20-22-16-11-7-8-12-17(16)23-20/h4-13,15H,3H2,1-2H3,(H,21,26)(H2,22,23,24,25)/t13-,15-/m0/s1. The van der Waals surface area contributed by atoms with Crippen molar-refractivity contribution in [2.75, 3.05) is 5.32 Å². The number of para-hydroxylation sites is 2. The minimum Gasteiger partial charge on any atom is -0.344 e. The van der Waals surface area contributed by atoms with E-state index in [0.29, 0.717) is 12.4 Å². The summed E-state index contributed by atoms with van der Waals surface area (Å²) < 4.78 is 0. The van der Waals surface area contributed by atoms with Gasteiger partial charge >= 0.3 is 0 Å². The van der Waals surface area contributed by atoms with Gasteiger partial charge in [-0.15, -0.1) is 0 Å². The van der Waals surface area contributed by atoms with Crippen LogP contribution in [0.5, 0.6) is 0 Å². The molecule has 0 unspecified atom stereocenters. The van der Waals surface area contributed by atoms with Crippen LogP contribution in [0.25, 0.3) is 11.0 Å². The number of hydrogen-bond acceptors (Lipinski definition) is 3. The van der Waals surface area contributed by atoms with Crippen LogP contribution in [-0.4, -0.2) is 27.8 Å². The first-order valence-corrected chi connectivity index (χ1v) is 8.69. The van der Waals surface area contributed by atoms with Gasteiger partial charge in [-0.2, -0.15) is 0 Å². The lowest BCUT2D eigenvalue weighted by Crippen LogP contribution is -2.43. The molecule has 1 heterocycles. The second-order valence-electron chi connectivity index (χ2n) is 6.19. The summed E-state index contributed by atoms with van der Waals surface area (Å²) in [6.07, 6.45) is 0.660. The number of carbonyl (C=O) groups is 2. The molecule has 0 saturated heterocycles. The zero-order chi connectivity index (χ0) is 18.5. The molecule has 0 radical (unpaired) electrons. The van der Waals surface area contributed by atoms with Gasteiger partial charge in [-0.1, -0.05) is 49.4 Å². The molecule has 2 atom stereocenters. The fourth-order valence-corrected chi connectivity index (χ4v) is 2.87. The van der Waals surface area contributed by atoms with Crippen LogP contribution < -0.4 is 10.6 Å². The van der Waals surface area contributed by atoms with E-state index in [-0.39, 0.29) is 17.7 Å². The van der Waals surface area contributed by atoms with E-state index in [1.165, 1.54) is 0 Å². The van der Waals surface area contributed by atoms with E-state index < -0.39 is 6.04 Å². The Balaban J connectivity index is 1.63. The van der Waals surface area contributed by atoms with Crippen molar-refractivity contribution < 1.29 is 9.59 Å². The number of rotatable bonds is 6. The highest BCUT2D eigenvalue weighted by Gasteiger charge is 2.23. The zero-order valence-corrected chi connectivity index (χ0v) is 14.8. The van der Waals surface area contributed by atoms with Crippen molar-refractivity contribution >= 4 is 28.8 Å². The molecular weight excluding hydrogens is 328 g/mol. The summed E-state index contributed by atoms with van der Waals surface area (Å²) in [6.45, 7) is 3.62. The Labute approximate surface area is 152 Å². The molecule has 3 N–H and O–H groups in total. The van der Waals surface area contributed by atoms with Gasteiger partial charge in [0.25, 0.3) is 0 Å². The van der Waals surface area contributed by atoms with Crippen LogP contribution in [0, 0.1) is 0 Å². The van der Waals surface area contributed by atoms with Crippen LogP contribution in [0.4, 0.5) is 5.95 Å². The molecule has 0 aliphatic heterocycles. The van der Waals surface area contributed by atoms with E-state index in [9.17, 15) is 9.59 Å². The van der Waals surface area contributed by atoms with Crippen molar-refractivity contribution in [2.45, 2.75) is 32.2 Å². The average Bonchev–Trinajstić information content (AvgIpc) is 3.05. The van der Waals surface area contributed by atoms with Gasteiger partial charge < -0.3 is 10.3 Å². The highest BCUT2D eigenvalue weighted by Crippen LogP contribution is 2.19. The highest BCUT2D eigenvalue weighted by atomic mass is 16.2. The second-order valence-corrected chi connectivity index (χ2v) is 6.19. The van der Waals surface area contributed by atoms with E-state index in [2.05, 4.69) is 20.6 Å². The number of nitrogens with one attached hydrogen (secondary N) is 3. The lowest BCUT2D eigenvalue weighted by atomic mass is 9.95. The van der Waals surface area contributed by atoms with E-state index in [0.717, 1.165) is 16.6 Å². The van der Waals surface area contributed by atoms with Gasteiger partial charge in [-0.25, -0.2) is 4.98 Å². The van der Waals surface area contributed by atoms with Crippen LogP contribution in [0.2, 0.25) is 0 Å². The molecule has 3 rings (SSSR count). The molecule has 134 valence electrons. The molecule has 3 aromatic rings. The number of imidazole rings is 1. The van der Waals surface area contributed by atoms with Gasteiger partial charge in [-0.05, 0) is 31.0 Å². The summed E-state index contributed by atoms with van der Waals surface area (Å²) in [5.74, 6) is -0.392. The number of aromatic amines is 1. The monoisotopic (exact) mass is 350 g/mol. The summed E-state index contributed by atoms with van der Waals surface area (Å²) in [5, 5.41) is 5.50. The maximum atomic E-state index is 12.6. The van der Waals surface area contributed by atoms with Crippen molar-refractivity contribution in [2.24, 2.45) is 0 Å². The van der Waals surface area contributed by atoms with Crippen LogP contribution in [0.3, 0.4) is 0 Å². The van der Waals surface area contributed by atoms with E-state index >= 15 is 0 Å². The molecule has 0 aliphatic rings. The number of nitrogens with zero attached hydrogens (tertiary/aromatic N) is 1. The molecule has 2 aromatic carbocycles. The molecule has 26 heavy (non-hydrogen) atoms. The van der Waals surface area contributed by atoms with Crippen LogP contribution in [-0.2, 0) is 9.59 Å². The predicted molar refractivity (Wildman–Crippen MR) is 102 cm³/mol. The number of anilines is 1. The first kappa shape index (κ1) is 17.7. The van der Waals surface area contributed by atoms with Crippen molar-refractivity contribution in [1.29, 1.82) is 0 Å². The summed E-state index contributed by atoms with van der Waals surface area (Å²) in [6, 6.07) is 16.4. The van der Waals surface area contributed by atoms with E-state index in [1.54, 1.807) is 6.92 Å². The maximum absolute atomic E-state index is 12.6. The molecular formula is C20H22N4O2. The third-order valence-electron chi connectivity index (χ3n) is 4.31. The number of aromatic nitrogens is 2. The Hall–Kier alpha value is -3.15. The summed E-state index contributed by atoms with van der Waals surface area (Å²) in [4.78, 5) is 32.3. The Bertz CT molecular complexity index is 871. The van der Waals surface area contributed by atoms with Gasteiger partial charge in [0.1, 0.15) is 6.04 Å². The smallest absolute Gasteiger partial charge is 0.248 e. The van der Waals surface area contributed by atoms with Gasteiger partial charge in [-0.3, -0.25) is 14.9 Å². The summed E-state index contributed by atoms with van der Waals surface area (Å²) in [5.41, 5.74) is 2.56. The molecule has 0 spiro atoms. The Morgan fingerprint density at radius 2 is 1.73 bits per heavy atom. The van der Waals surface area contributed by atoms with Gasteiger partial charge in [0, 0.05) is 0 Å².